The van der Waals surface area contributed by atoms with Crippen LogP contribution in [0, 0.1) is 13.8 Å². The molecule has 0 unspecified atom stereocenters. The van der Waals surface area contributed by atoms with Gasteiger partial charge in [0.1, 0.15) is 5.75 Å². The number of rotatable bonds is 4. The van der Waals surface area contributed by atoms with E-state index in [1.54, 1.807) is 13.0 Å². The average molecular weight is 320 g/mol. The fraction of sp³-hybridized carbons (Fsp3) is 0.333. The molecule has 1 aromatic carbocycles. The Kier molecular flexibility index (Phi) is 4.71. The predicted molar refractivity (Wildman–Crippen MR) is 70.6 cm³/mol. The molecule has 0 fully saturated rings. The molecule has 1 rings (SSSR count). The number of carbonyl (C=O) groups excluding carboxylic acids is 2. The van der Waals surface area contributed by atoms with Crippen molar-refractivity contribution in [3.05, 3.63) is 27.8 Å². The fourth-order valence-electron chi connectivity index (χ4n) is 1.57. The molecule has 0 saturated heterocycles. The quantitative estimate of drug-likeness (QED) is 0.486. The van der Waals surface area contributed by atoms with Gasteiger partial charge in [0.15, 0.2) is 0 Å². The first kappa shape index (κ1) is 14.2. The fourth-order valence-corrected chi connectivity index (χ4v) is 1.97. The molecule has 0 saturated carbocycles. The molecular formula is C12H12BrClO3. The largest absolute Gasteiger partial charge is 0.496 e. The summed E-state index contributed by atoms with van der Waals surface area (Å²) >= 11 is 9.05. The second-order valence-electron chi connectivity index (χ2n) is 3.60. The first-order valence-corrected chi connectivity index (χ1v) is 6.41. The van der Waals surface area contributed by atoms with Gasteiger partial charge < -0.3 is 4.74 Å². The number of benzene rings is 1. The zero-order valence-electron chi connectivity index (χ0n) is 9.77. The van der Waals surface area contributed by atoms with E-state index >= 15 is 0 Å². The molecule has 0 aromatic heterocycles. The molecule has 0 amide bonds. The number of alkyl halides is 1. The van der Waals surface area contributed by atoms with Gasteiger partial charge in [0.25, 0.3) is 0 Å². The molecule has 0 spiro atoms. The maximum Gasteiger partial charge on any atom is 0.233 e. The highest BCUT2D eigenvalue weighted by molar-refractivity contribution is 9.09. The summed E-state index contributed by atoms with van der Waals surface area (Å²) in [4.78, 5) is 23.4. The van der Waals surface area contributed by atoms with Crippen LogP contribution in [0.25, 0.3) is 0 Å². The Bertz CT molecular complexity index is 483. The van der Waals surface area contributed by atoms with Crippen molar-refractivity contribution in [3.8, 4) is 5.75 Å². The summed E-state index contributed by atoms with van der Waals surface area (Å²) in [5, 5.41) is 0.469. The van der Waals surface area contributed by atoms with E-state index in [2.05, 4.69) is 15.9 Å². The molecule has 92 valence electrons. The Hall–Kier alpha value is -0.870. The minimum absolute atomic E-state index is 0.0140. The summed E-state index contributed by atoms with van der Waals surface area (Å²) in [7, 11) is 1.46. The van der Waals surface area contributed by atoms with Crippen LogP contribution in [0.15, 0.2) is 6.07 Å². The summed E-state index contributed by atoms with van der Waals surface area (Å²) < 4.78 is 5.13. The number of Topliss-reactive ketones (excluding diaryl/α,β-unsaturated/α-hetero) is 2. The number of halogens is 2. The lowest BCUT2D eigenvalue weighted by Gasteiger charge is -2.13. The van der Waals surface area contributed by atoms with Crippen LogP contribution < -0.4 is 4.74 Å². The highest BCUT2D eigenvalue weighted by Gasteiger charge is 2.23. The van der Waals surface area contributed by atoms with Gasteiger partial charge >= 0.3 is 0 Å². The van der Waals surface area contributed by atoms with Gasteiger partial charge in [0.05, 0.1) is 18.0 Å². The van der Waals surface area contributed by atoms with E-state index in [1.807, 2.05) is 6.92 Å². The molecule has 17 heavy (non-hydrogen) atoms. The van der Waals surface area contributed by atoms with E-state index in [1.165, 1.54) is 7.11 Å². The van der Waals surface area contributed by atoms with Gasteiger partial charge in [-0.3, -0.25) is 9.59 Å². The van der Waals surface area contributed by atoms with Crippen molar-refractivity contribution in [2.75, 3.05) is 12.4 Å². The Labute approximate surface area is 113 Å². The third-order valence-electron chi connectivity index (χ3n) is 2.47. The molecular weight excluding hydrogens is 307 g/mol. The van der Waals surface area contributed by atoms with Crippen molar-refractivity contribution in [1.82, 2.24) is 0 Å². The smallest absolute Gasteiger partial charge is 0.233 e. The maximum atomic E-state index is 11.9. The van der Waals surface area contributed by atoms with Crippen LogP contribution >= 0.6 is 27.5 Å². The average Bonchev–Trinajstić information content (AvgIpc) is 2.33. The molecule has 0 aliphatic carbocycles. The van der Waals surface area contributed by atoms with E-state index in [9.17, 15) is 9.59 Å². The van der Waals surface area contributed by atoms with Crippen LogP contribution in [-0.2, 0) is 4.79 Å². The minimum Gasteiger partial charge on any atom is -0.496 e. The number of methoxy groups -OCH3 is 1. The monoisotopic (exact) mass is 318 g/mol. The molecule has 0 atom stereocenters. The molecule has 0 heterocycles. The van der Waals surface area contributed by atoms with Crippen LogP contribution in [0.4, 0.5) is 0 Å². The summed E-state index contributed by atoms with van der Waals surface area (Å²) in [6.45, 7) is 3.52. The van der Waals surface area contributed by atoms with Crippen molar-refractivity contribution in [2.45, 2.75) is 13.8 Å². The molecule has 0 aliphatic rings. The highest BCUT2D eigenvalue weighted by Crippen LogP contribution is 2.32. The highest BCUT2D eigenvalue weighted by atomic mass is 79.9. The van der Waals surface area contributed by atoms with Crippen molar-refractivity contribution < 1.29 is 14.3 Å². The molecule has 1 aromatic rings. The van der Waals surface area contributed by atoms with Gasteiger partial charge in [-0.25, -0.2) is 0 Å². The lowest BCUT2D eigenvalue weighted by Crippen LogP contribution is -2.18. The maximum absolute atomic E-state index is 11.9. The SMILES string of the molecule is COc1cc(C)c(Cl)c(C)c1C(=O)C(=O)CBr. The summed E-state index contributed by atoms with van der Waals surface area (Å²) in [6, 6.07) is 1.66. The van der Waals surface area contributed by atoms with E-state index < -0.39 is 11.6 Å². The molecule has 0 aliphatic heterocycles. The zero-order valence-corrected chi connectivity index (χ0v) is 12.1. The summed E-state index contributed by atoms with van der Waals surface area (Å²) in [5.41, 5.74) is 1.62. The van der Waals surface area contributed by atoms with Crippen LogP contribution in [-0.4, -0.2) is 24.0 Å². The molecule has 5 heteroatoms. The van der Waals surface area contributed by atoms with Crippen LogP contribution in [0.5, 0.6) is 5.75 Å². The molecule has 0 radical (unpaired) electrons. The summed E-state index contributed by atoms with van der Waals surface area (Å²) in [6.07, 6.45) is 0. The summed E-state index contributed by atoms with van der Waals surface area (Å²) in [5.74, 6) is -0.729. The second-order valence-corrected chi connectivity index (χ2v) is 4.53. The minimum atomic E-state index is -0.585. The topological polar surface area (TPSA) is 43.4 Å². The number of aryl methyl sites for hydroxylation is 1. The first-order chi connectivity index (χ1) is 7.93. The van der Waals surface area contributed by atoms with Gasteiger partial charge in [-0.15, -0.1) is 0 Å². The van der Waals surface area contributed by atoms with Gasteiger partial charge in [0.2, 0.25) is 11.6 Å². The third kappa shape index (κ3) is 2.69. The van der Waals surface area contributed by atoms with Crippen molar-refractivity contribution in [3.63, 3.8) is 0 Å². The van der Waals surface area contributed by atoms with Crippen molar-refractivity contribution in [1.29, 1.82) is 0 Å². The normalized spacial score (nSPS) is 10.2. The van der Waals surface area contributed by atoms with Gasteiger partial charge in [0, 0.05) is 5.02 Å². The Morgan fingerprint density at radius 1 is 1.41 bits per heavy atom. The van der Waals surface area contributed by atoms with E-state index in [0.717, 1.165) is 5.56 Å². The Morgan fingerprint density at radius 3 is 2.47 bits per heavy atom. The van der Waals surface area contributed by atoms with Crippen molar-refractivity contribution in [2.24, 2.45) is 0 Å². The molecule has 0 N–H and O–H groups in total. The molecule has 0 bridgehead atoms. The zero-order chi connectivity index (χ0) is 13.2. The Balaban J connectivity index is 3.46. The van der Waals surface area contributed by atoms with Gasteiger partial charge in [-0.2, -0.15) is 0 Å². The standard InChI is InChI=1S/C12H12BrClO3/c1-6-4-9(17-3)10(7(2)11(6)14)12(16)8(15)5-13/h4H,5H2,1-3H3. The number of hydrogen-bond acceptors (Lipinski definition) is 3. The van der Waals surface area contributed by atoms with E-state index in [4.69, 9.17) is 16.3 Å². The lowest BCUT2D eigenvalue weighted by molar-refractivity contribution is -0.112. The molecule has 3 nitrogen and oxygen atoms in total. The predicted octanol–water partition coefficient (Wildman–Crippen LogP) is 3.11. The van der Waals surface area contributed by atoms with Crippen LogP contribution in [0.1, 0.15) is 21.5 Å². The Morgan fingerprint density at radius 2 is 2.00 bits per heavy atom. The van der Waals surface area contributed by atoms with E-state index in [0.29, 0.717) is 16.3 Å². The van der Waals surface area contributed by atoms with Gasteiger partial charge in [-0.05, 0) is 31.0 Å². The lowest BCUT2D eigenvalue weighted by atomic mass is 9.99. The van der Waals surface area contributed by atoms with Crippen LogP contribution in [0.2, 0.25) is 5.02 Å². The van der Waals surface area contributed by atoms with Crippen LogP contribution in [0.3, 0.4) is 0 Å². The number of carbonyl (C=O) groups is 2. The third-order valence-corrected chi connectivity index (χ3v) is 3.56. The van der Waals surface area contributed by atoms with Crippen molar-refractivity contribution >= 4 is 39.1 Å². The first-order valence-electron chi connectivity index (χ1n) is 4.91. The van der Waals surface area contributed by atoms with Gasteiger partial charge in [-0.1, -0.05) is 27.5 Å². The van der Waals surface area contributed by atoms with E-state index in [-0.39, 0.29) is 10.9 Å². The number of ether oxygens (including phenoxy) is 1. The number of hydrogen-bond donors (Lipinski definition) is 0. The second kappa shape index (κ2) is 5.65. The number of ketones is 2.